The molecule has 0 saturated carbocycles. The predicted octanol–water partition coefficient (Wildman–Crippen LogP) is 0.488. The first-order valence-corrected chi connectivity index (χ1v) is 3.59. The molecule has 0 fully saturated rings. The minimum absolute atomic E-state index is 0.132. The maximum atomic E-state index is 11.1. The highest BCUT2D eigenvalue weighted by atomic mass is 16.5. The van der Waals surface area contributed by atoms with Crippen molar-refractivity contribution in [3.05, 3.63) is 12.2 Å². The number of aliphatic hydroxyl groups excluding tert-OH is 1. The standard InChI is InChI=1S/C8H12O3/c1-11-7(10)8(6-9)4-2-3-5-8/h2-3,9H,4-6H2,1H3. The van der Waals surface area contributed by atoms with Gasteiger partial charge in [-0.2, -0.15) is 0 Å². The molecule has 0 unspecified atom stereocenters. The number of aliphatic hydroxyl groups is 1. The number of ether oxygens (including phenoxy) is 1. The van der Waals surface area contributed by atoms with Crippen molar-refractivity contribution in [1.29, 1.82) is 0 Å². The number of methoxy groups -OCH3 is 1. The zero-order valence-electron chi connectivity index (χ0n) is 6.54. The lowest BCUT2D eigenvalue weighted by atomic mass is 9.87. The highest BCUT2D eigenvalue weighted by Gasteiger charge is 2.39. The summed E-state index contributed by atoms with van der Waals surface area (Å²) in [5.41, 5.74) is -0.672. The Balaban J connectivity index is 2.69. The van der Waals surface area contributed by atoms with E-state index in [9.17, 15) is 4.79 Å². The fraction of sp³-hybridized carbons (Fsp3) is 0.625. The smallest absolute Gasteiger partial charge is 0.314 e. The van der Waals surface area contributed by atoms with Crippen LogP contribution in [-0.2, 0) is 9.53 Å². The van der Waals surface area contributed by atoms with Crippen LogP contribution in [0.2, 0.25) is 0 Å². The zero-order valence-corrected chi connectivity index (χ0v) is 6.54. The van der Waals surface area contributed by atoms with Crippen LogP contribution in [-0.4, -0.2) is 24.8 Å². The lowest BCUT2D eigenvalue weighted by Gasteiger charge is -2.22. The largest absolute Gasteiger partial charge is 0.469 e. The van der Waals surface area contributed by atoms with Crippen LogP contribution in [0.3, 0.4) is 0 Å². The van der Waals surface area contributed by atoms with Crippen LogP contribution in [0.5, 0.6) is 0 Å². The van der Waals surface area contributed by atoms with E-state index in [2.05, 4.69) is 4.74 Å². The average Bonchev–Trinajstić information content (AvgIpc) is 2.52. The van der Waals surface area contributed by atoms with E-state index in [1.807, 2.05) is 12.2 Å². The van der Waals surface area contributed by atoms with Crippen LogP contribution >= 0.6 is 0 Å². The number of allylic oxidation sites excluding steroid dienone is 2. The molecule has 0 aromatic rings. The Kier molecular flexibility index (Phi) is 2.29. The van der Waals surface area contributed by atoms with Gasteiger partial charge in [0.25, 0.3) is 0 Å². The molecule has 1 rings (SSSR count). The summed E-state index contributed by atoms with van der Waals surface area (Å²) in [6, 6.07) is 0. The van der Waals surface area contributed by atoms with Crippen LogP contribution in [0.25, 0.3) is 0 Å². The van der Waals surface area contributed by atoms with Crippen molar-refractivity contribution in [3.63, 3.8) is 0 Å². The van der Waals surface area contributed by atoms with Crippen molar-refractivity contribution in [2.24, 2.45) is 5.41 Å². The molecule has 3 heteroatoms. The zero-order chi connectivity index (χ0) is 8.32. The fourth-order valence-electron chi connectivity index (χ4n) is 1.28. The number of hydrogen-bond donors (Lipinski definition) is 1. The molecule has 0 saturated heterocycles. The van der Waals surface area contributed by atoms with Gasteiger partial charge in [0, 0.05) is 0 Å². The van der Waals surface area contributed by atoms with Crippen molar-refractivity contribution in [2.45, 2.75) is 12.8 Å². The Hall–Kier alpha value is -0.830. The van der Waals surface area contributed by atoms with Crippen molar-refractivity contribution in [1.82, 2.24) is 0 Å². The van der Waals surface area contributed by atoms with Gasteiger partial charge >= 0.3 is 5.97 Å². The normalized spacial score (nSPS) is 20.2. The van der Waals surface area contributed by atoms with Gasteiger partial charge in [0.1, 0.15) is 0 Å². The van der Waals surface area contributed by atoms with Gasteiger partial charge < -0.3 is 9.84 Å². The van der Waals surface area contributed by atoms with Gasteiger partial charge in [0.2, 0.25) is 0 Å². The summed E-state index contributed by atoms with van der Waals surface area (Å²) < 4.78 is 4.59. The van der Waals surface area contributed by atoms with Gasteiger partial charge in [-0.25, -0.2) is 0 Å². The first kappa shape index (κ1) is 8.27. The Morgan fingerprint density at radius 2 is 2.18 bits per heavy atom. The molecule has 0 heterocycles. The van der Waals surface area contributed by atoms with E-state index in [1.54, 1.807) is 0 Å². The van der Waals surface area contributed by atoms with Gasteiger partial charge in [-0.15, -0.1) is 0 Å². The SMILES string of the molecule is COC(=O)C1(CO)CC=CC1. The Labute approximate surface area is 65.7 Å². The van der Waals surface area contributed by atoms with E-state index in [0.717, 1.165) is 0 Å². The van der Waals surface area contributed by atoms with E-state index in [0.29, 0.717) is 12.8 Å². The fourth-order valence-corrected chi connectivity index (χ4v) is 1.28. The average molecular weight is 156 g/mol. The van der Waals surface area contributed by atoms with E-state index < -0.39 is 5.41 Å². The first-order chi connectivity index (χ1) is 5.25. The molecule has 0 radical (unpaired) electrons. The molecule has 3 nitrogen and oxygen atoms in total. The second-order valence-electron chi connectivity index (χ2n) is 2.81. The molecule has 11 heavy (non-hydrogen) atoms. The molecule has 0 aromatic heterocycles. The van der Waals surface area contributed by atoms with Gasteiger partial charge in [-0.3, -0.25) is 4.79 Å². The molecule has 1 aliphatic rings. The molecule has 1 N–H and O–H groups in total. The third kappa shape index (κ3) is 1.28. The summed E-state index contributed by atoms with van der Waals surface area (Å²) in [7, 11) is 1.35. The van der Waals surface area contributed by atoms with Crippen molar-refractivity contribution in [3.8, 4) is 0 Å². The second-order valence-corrected chi connectivity index (χ2v) is 2.81. The summed E-state index contributed by atoms with van der Waals surface area (Å²) in [5.74, 6) is -0.315. The molecule has 0 bridgehead atoms. The van der Waals surface area contributed by atoms with Gasteiger partial charge in [-0.05, 0) is 12.8 Å². The summed E-state index contributed by atoms with van der Waals surface area (Å²) in [6.07, 6.45) is 4.98. The number of carbonyl (C=O) groups excluding carboxylic acids is 1. The molecule has 0 spiro atoms. The molecule has 1 aliphatic carbocycles. The molecule has 0 atom stereocenters. The summed E-state index contributed by atoms with van der Waals surface area (Å²) >= 11 is 0. The minimum atomic E-state index is -0.672. The Bertz CT molecular complexity index is 176. The topological polar surface area (TPSA) is 46.5 Å². The van der Waals surface area contributed by atoms with Crippen LogP contribution < -0.4 is 0 Å². The predicted molar refractivity (Wildman–Crippen MR) is 39.9 cm³/mol. The second kappa shape index (κ2) is 3.05. The van der Waals surface area contributed by atoms with Crippen LogP contribution in [0.4, 0.5) is 0 Å². The number of rotatable bonds is 2. The number of esters is 1. The lowest BCUT2D eigenvalue weighted by Crippen LogP contribution is -2.33. The third-order valence-electron chi connectivity index (χ3n) is 2.10. The van der Waals surface area contributed by atoms with Crippen LogP contribution in [0.1, 0.15) is 12.8 Å². The summed E-state index contributed by atoms with van der Waals surface area (Å²) in [5, 5.41) is 8.98. The number of carbonyl (C=O) groups is 1. The van der Waals surface area contributed by atoms with Crippen LogP contribution in [0.15, 0.2) is 12.2 Å². The van der Waals surface area contributed by atoms with Crippen molar-refractivity contribution >= 4 is 5.97 Å². The molecule has 0 aromatic carbocycles. The maximum Gasteiger partial charge on any atom is 0.314 e. The Morgan fingerprint density at radius 3 is 2.55 bits per heavy atom. The van der Waals surface area contributed by atoms with Crippen LogP contribution in [0, 0.1) is 5.41 Å². The summed E-state index contributed by atoms with van der Waals surface area (Å²) in [4.78, 5) is 11.1. The van der Waals surface area contributed by atoms with E-state index >= 15 is 0 Å². The first-order valence-electron chi connectivity index (χ1n) is 3.59. The van der Waals surface area contributed by atoms with E-state index in [4.69, 9.17) is 5.11 Å². The van der Waals surface area contributed by atoms with Gasteiger partial charge in [-0.1, -0.05) is 12.2 Å². The molecular weight excluding hydrogens is 144 g/mol. The van der Waals surface area contributed by atoms with Crippen molar-refractivity contribution in [2.75, 3.05) is 13.7 Å². The van der Waals surface area contributed by atoms with E-state index in [1.165, 1.54) is 7.11 Å². The number of hydrogen-bond acceptors (Lipinski definition) is 3. The van der Waals surface area contributed by atoms with Gasteiger partial charge in [0.15, 0.2) is 0 Å². The maximum absolute atomic E-state index is 11.1. The Morgan fingerprint density at radius 1 is 1.64 bits per heavy atom. The molecule has 62 valence electrons. The molecular formula is C8H12O3. The monoisotopic (exact) mass is 156 g/mol. The molecule has 0 amide bonds. The van der Waals surface area contributed by atoms with E-state index in [-0.39, 0.29) is 12.6 Å². The van der Waals surface area contributed by atoms with Gasteiger partial charge in [0.05, 0.1) is 19.1 Å². The quantitative estimate of drug-likeness (QED) is 0.467. The minimum Gasteiger partial charge on any atom is -0.469 e. The summed E-state index contributed by atoms with van der Waals surface area (Å²) in [6.45, 7) is -0.132. The highest BCUT2D eigenvalue weighted by molar-refractivity contribution is 5.78. The lowest BCUT2D eigenvalue weighted by molar-refractivity contribution is -0.154. The highest BCUT2D eigenvalue weighted by Crippen LogP contribution is 2.33. The third-order valence-corrected chi connectivity index (χ3v) is 2.10. The molecule has 0 aliphatic heterocycles. The van der Waals surface area contributed by atoms with Crippen molar-refractivity contribution < 1.29 is 14.6 Å².